The molecule has 1 heterocycles. The van der Waals surface area contributed by atoms with Crippen molar-refractivity contribution in [3.05, 3.63) is 0 Å². The Morgan fingerprint density at radius 2 is 1.90 bits per heavy atom. The highest BCUT2D eigenvalue weighted by atomic mass is 15.2. The molecule has 1 saturated heterocycles. The van der Waals surface area contributed by atoms with Crippen LogP contribution in [0.25, 0.3) is 0 Å². The second-order valence-electron chi connectivity index (χ2n) is 8.63. The van der Waals surface area contributed by atoms with Crippen molar-refractivity contribution in [1.82, 2.24) is 10.2 Å². The molecule has 2 heteroatoms. The number of rotatable bonds is 5. The van der Waals surface area contributed by atoms with Crippen LogP contribution in [0.3, 0.4) is 0 Å². The van der Waals surface area contributed by atoms with Crippen LogP contribution in [-0.4, -0.2) is 36.6 Å². The monoisotopic (exact) mass is 278 g/mol. The first-order valence-electron chi connectivity index (χ1n) is 8.99. The lowest BCUT2D eigenvalue weighted by Crippen LogP contribution is -2.61. The summed E-state index contributed by atoms with van der Waals surface area (Å²) in [5, 5.41) is 3.82. The largest absolute Gasteiger partial charge is 0.309 e. The molecule has 0 aromatic heterocycles. The normalized spacial score (nSPS) is 34.8. The summed E-state index contributed by atoms with van der Waals surface area (Å²) >= 11 is 0. The Morgan fingerprint density at radius 1 is 1.20 bits per heavy atom. The zero-order chi connectivity index (χ0) is 14.2. The second kappa shape index (κ2) is 5.61. The van der Waals surface area contributed by atoms with Crippen molar-refractivity contribution < 1.29 is 0 Å². The van der Waals surface area contributed by atoms with Crippen molar-refractivity contribution >= 4 is 0 Å². The van der Waals surface area contributed by atoms with E-state index in [-0.39, 0.29) is 0 Å². The molecule has 0 aromatic carbocycles. The molecule has 2 aliphatic carbocycles. The van der Waals surface area contributed by atoms with E-state index in [9.17, 15) is 0 Å². The van der Waals surface area contributed by atoms with Gasteiger partial charge in [0.05, 0.1) is 0 Å². The molecule has 1 unspecified atom stereocenters. The average molecular weight is 278 g/mol. The summed E-state index contributed by atoms with van der Waals surface area (Å²) in [7, 11) is 0. The Labute approximate surface area is 125 Å². The predicted octanol–water partition coefficient (Wildman–Crippen LogP) is 3.67. The topological polar surface area (TPSA) is 15.3 Å². The predicted molar refractivity (Wildman–Crippen MR) is 85.9 cm³/mol. The molecule has 3 fully saturated rings. The minimum Gasteiger partial charge on any atom is -0.309 e. The van der Waals surface area contributed by atoms with Crippen LogP contribution < -0.4 is 5.32 Å². The highest BCUT2D eigenvalue weighted by molar-refractivity contribution is 5.03. The summed E-state index contributed by atoms with van der Waals surface area (Å²) < 4.78 is 0. The molecular formula is C18H34N2. The average Bonchev–Trinajstić information content (AvgIpc) is 3.13. The van der Waals surface area contributed by atoms with Crippen LogP contribution in [0.5, 0.6) is 0 Å². The minimum atomic E-state index is 0.413. The second-order valence-corrected chi connectivity index (χ2v) is 8.63. The maximum atomic E-state index is 3.82. The van der Waals surface area contributed by atoms with E-state index in [1.165, 1.54) is 71.1 Å². The number of piperazine rings is 1. The van der Waals surface area contributed by atoms with E-state index >= 15 is 0 Å². The van der Waals surface area contributed by atoms with E-state index in [1.54, 1.807) is 0 Å². The Morgan fingerprint density at radius 3 is 2.50 bits per heavy atom. The van der Waals surface area contributed by atoms with E-state index in [0.29, 0.717) is 11.0 Å². The maximum Gasteiger partial charge on any atom is 0.0309 e. The van der Waals surface area contributed by atoms with Gasteiger partial charge in [0.15, 0.2) is 0 Å². The molecule has 0 amide bonds. The molecule has 1 aliphatic heterocycles. The lowest BCUT2D eigenvalue weighted by atomic mass is 9.77. The molecule has 1 N–H and O–H groups in total. The summed E-state index contributed by atoms with van der Waals surface area (Å²) in [6.45, 7) is 12.4. The molecule has 0 radical (unpaired) electrons. The molecule has 1 atom stereocenters. The smallest absolute Gasteiger partial charge is 0.0309 e. The first-order valence-corrected chi connectivity index (χ1v) is 8.99. The number of hydrogen-bond acceptors (Lipinski definition) is 2. The first-order chi connectivity index (χ1) is 9.51. The van der Waals surface area contributed by atoms with E-state index in [4.69, 9.17) is 0 Å². The van der Waals surface area contributed by atoms with Crippen LogP contribution in [-0.2, 0) is 0 Å². The molecule has 2 nitrogen and oxygen atoms in total. The maximum absolute atomic E-state index is 3.82. The van der Waals surface area contributed by atoms with Gasteiger partial charge in [-0.25, -0.2) is 0 Å². The standard InChI is InChI=1S/C18H34N2/c1-15(2)12-18(8-4-5-9-18)14-20-11-10-19-17(3,13-20)16-6-7-16/h15-16,19H,4-14H2,1-3H3. The van der Waals surface area contributed by atoms with Crippen LogP contribution in [0.15, 0.2) is 0 Å². The van der Waals surface area contributed by atoms with Gasteiger partial charge in [0, 0.05) is 31.7 Å². The zero-order valence-corrected chi connectivity index (χ0v) is 13.9. The van der Waals surface area contributed by atoms with Gasteiger partial charge in [-0.05, 0) is 56.3 Å². The van der Waals surface area contributed by atoms with Gasteiger partial charge in [-0.3, -0.25) is 4.90 Å². The Balaban J connectivity index is 1.63. The van der Waals surface area contributed by atoms with Crippen LogP contribution >= 0.6 is 0 Å². The fourth-order valence-corrected chi connectivity index (χ4v) is 5.12. The molecule has 0 bridgehead atoms. The van der Waals surface area contributed by atoms with Gasteiger partial charge in [-0.1, -0.05) is 26.7 Å². The third kappa shape index (κ3) is 3.22. The molecular weight excluding hydrogens is 244 g/mol. The fourth-order valence-electron chi connectivity index (χ4n) is 5.12. The molecule has 3 rings (SSSR count). The van der Waals surface area contributed by atoms with E-state index in [2.05, 4.69) is 31.0 Å². The summed E-state index contributed by atoms with van der Waals surface area (Å²) in [6, 6.07) is 0. The number of nitrogens with zero attached hydrogens (tertiary/aromatic N) is 1. The van der Waals surface area contributed by atoms with Crippen LogP contribution in [0.2, 0.25) is 0 Å². The van der Waals surface area contributed by atoms with Gasteiger partial charge < -0.3 is 5.32 Å². The molecule has 20 heavy (non-hydrogen) atoms. The van der Waals surface area contributed by atoms with E-state index in [0.717, 1.165) is 11.8 Å². The van der Waals surface area contributed by atoms with Crippen molar-refractivity contribution in [1.29, 1.82) is 0 Å². The molecule has 2 saturated carbocycles. The van der Waals surface area contributed by atoms with Crippen molar-refractivity contribution in [3.8, 4) is 0 Å². The Hall–Kier alpha value is -0.0800. The number of hydrogen-bond donors (Lipinski definition) is 1. The zero-order valence-electron chi connectivity index (χ0n) is 13.9. The highest BCUT2D eigenvalue weighted by Gasteiger charge is 2.45. The van der Waals surface area contributed by atoms with Crippen LogP contribution in [0, 0.1) is 17.3 Å². The summed E-state index contributed by atoms with van der Waals surface area (Å²) in [4.78, 5) is 2.81. The minimum absolute atomic E-state index is 0.413. The van der Waals surface area contributed by atoms with Gasteiger partial charge in [-0.2, -0.15) is 0 Å². The SMILES string of the molecule is CC(C)CC1(CN2CCNC(C)(C3CC3)C2)CCCC1. The summed E-state index contributed by atoms with van der Waals surface area (Å²) in [6.07, 6.45) is 10.3. The van der Waals surface area contributed by atoms with Crippen molar-refractivity contribution in [2.24, 2.45) is 17.3 Å². The van der Waals surface area contributed by atoms with Gasteiger partial charge in [0.2, 0.25) is 0 Å². The van der Waals surface area contributed by atoms with Crippen molar-refractivity contribution in [2.45, 2.75) is 71.3 Å². The molecule has 0 spiro atoms. The molecule has 116 valence electrons. The first kappa shape index (κ1) is 14.8. The Kier molecular flexibility index (Phi) is 4.16. The van der Waals surface area contributed by atoms with Gasteiger partial charge in [0.25, 0.3) is 0 Å². The quantitative estimate of drug-likeness (QED) is 0.825. The summed E-state index contributed by atoms with van der Waals surface area (Å²) in [5.74, 6) is 1.81. The van der Waals surface area contributed by atoms with Gasteiger partial charge >= 0.3 is 0 Å². The van der Waals surface area contributed by atoms with Crippen molar-refractivity contribution in [2.75, 3.05) is 26.2 Å². The third-order valence-electron chi connectivity index (χ3n) is 6.05. The summed E-state index contributed by atoms with van der Waals surface area (Å²) in [5.41, 5.74) is 1.06. The Bertz CT molecular complexity index is 328. The van der Waals surface area contributed by atoms with Crippen molar-refractivity contribution in [3.63, 3.8) is 0 Å². The fraction of sp³-hybridized carbons (Fsp3) is 1.00. The van der Waals surface area contributed by atoms with E-state index < -0.39 is 0 Å². The molecule has 3 aliphatic rings. The van der Waals surface area contributed by atoms with Crippen LogP contribution in [0.1, 0.15) is 65.7 Å². The number of nitrogens with one attached hydrogen (secondary N) is 1. The highest BCUT2D eigenvalue weighted by Crippen LogP contribution is 2.45. The van der Waals surface area contributed by atoms with Crippen LogP contribution in [0.4, 0.5) is 0 Å². The third-order valence-corrected chi connectivity index (χ3v) is 6.05. The van der Waals surface area contributed by atoms with Gasteiger partial charge in [-0.15, -0.1) is 0 Å². The molecule has 0 aromatic rings. The van der Waals surface area contributed by atoms with E-state index in [1.807, 2.05) is 0 Å². The lowest BCUT2D eigenvalue weighted by molar-refractivity contribution is 0.0686. The lowest BCUT2D eigenvalue weighted by Gasteiger charge is -2.45. The van der Waals surface area contributed by atoms with Gasteiger partial charge in [0.1, 0.15) is 0 Å².